The van der Waals surface area contributed by atoms with Gasteiger partial charge in [0.25, 0.3) is 0 Å². The molecule has 2 aromatic heterocycles. The summed E-state index contributed by atoms with van der Waals surface area (Å²) in [5, 5.41) is 7.25. The quantitative estimate of drug-likeness (QED) is 0.482. The number of nitrogens with zero attached hydrogens (tertiary/aromatic N) is 4. The van der Waals surface area contributed by atoms with Crippen LogP contribution in [0.15, 0.2) is 76.2 Å². The van der Waals surface area contributed by atoms with Crippen LogP contribution in [0.2, 0.25) is 0 Å². The smallest absolute Gasteiger partial charge is 0.408 e. The second-order valence-electron chi connectivity index (χ2n) is 9.41. The summed E-state index contributed by atoms with van der Waals surface area (Å²) < 4.78 is 8.38. The second kappa shape index (κ2) is 8.26. The number of anilines is 1. The molecule has 2 aromatic carbocycles. The molecule has 1 aliphatic carbocycles. The van der Waals surface area contributed by atoms with Crippen molar-refractivity contribution in [2.75, 3.05) is 18.4 Å². The van der Waals surface area contributed by atoms with Gasteiger partial charge in [-0.25, -0.2) is 9.48 Å². The summed E-state index contributed by atoms with van der Waals surface area (Å²) in [6.07, 6.45) is 6.01. The highest BCUT2D eigenvalue weighted by Crippen LogP contribution is 2.59. The zero-order valence-corrected chi connectivity index (χ0v) is 19.1. The zero-order valence-electron chi connectivity index (χ0n) is 19.1. The van der Waals surface area contributed by atoms with Gasteiger partial charge in [-0.2, -0.15) is 5.10 Å². The number of oxazole rings is 1. The summed E-state index contributed by atoms with van der Waals surface area (Å²) >= 11 is 0. The lowest BCUT2D eigenvalue weighted by molar-refractivity contribution is -0.133. The van der Waals surface area contributed by atoms with Crippen molar-refractivity contribution < 1.29 is 14.0 Å². The first-order valence-electron chi connectivity index (χ1n) is 11.8. The monoisotopic (exact) mass is 471 g/mol. The molecule has 178 valence electrons. The molecule has 1 spiro atoms. The van der Waals surface area contributed by atoms with E-state index in [1.807, 2.05) is 42.6 Å². The number of nitrogens with one attached hydrogen (secondary N) is 1. The summed E-state index contributed by atoms with van der Waals surface area (Å²) in [4.78, 5) is 39.8. The number of hydrogen-bond donors (Lipinski definition) is 1. The third kappa shape index (κ3) is 3.92. The minimum absolute atomic E-state index is 0.0327. The van der Waals surface area contributed by atoms with E-state index in [1.54, 1.807) is 34.0 Å². The number of rotatable bonds is 5. The molecule has 9 heteroatoms. The van der Waals surface area contributed by atoms with Crippen molar-refractivity contribution in [2.24, 2.45) is 11.3 Å². The van der Waals surface area contributed by atoms with Crippen molar-refractivity contribution in [3.8, 4) is 5.69 Å². The summed E-state index contributed by atoms with van der Waals surface area (Å²) in [5.74, 6) is -0.629. The van der Waals surface area contributed by atoms with E-state index in [0.29, 0.717) is 24.2 Å². The molecule has 1 N–H and O–H groups in total. The lowest BCUT2D eigenvalue weighted by Gasteiger charge is -2.33. The van der Waals surface area contributed by atoms with Crippen LogP contribution < -0.4 is 11.1 Å². The number of amides is 2. The molecule has 1 saturated heterocycles. The maximum atomic E-state index is 12.9. The highest BCUT2D eigenvalue weighted by atomic mass is 16.4. The maximum Gasteiger partial charge on any atom is 0.420 e. The molecule has 3 heterocycles. The molecule has 0 unspecified atom stereocenters. The molecule has 2 aliphatic rings. The van der Waals surface area contributed by atoms with Crippen molar-refractivity contribution in [2.45, 2.75) is 25.8 Å². The molecule has 6 rings (SSSR count). The Hall–Kier alpha value is -4.14. The molecule has 1 atom stereocenters. The van der Waals surface area contributed by atoms with Crippen LogP contribution in [0.4, 0.5) is 5.69 Å². The van der Waals surface area contributed by atoms with E-state index in [1.165, 1.54) is 4.57 Å². The summed E-state index contributed by atoms with van der Waals surface area (Å²) in [6.45, 7) is 1.14. The van der Waals surface area contributed by atoms with Gasteiger partial charge in [0.05, 0.1) is 11.2 Å². The van der Waals surface area contributed by atoms with E-state index in [9.17, 15) is 14.4 Å². The van der Waals surface area contributed by atoms with E-state index in [2.05, 4.69) is 10.4 Å². The number of piperidine rings is 1. The Bertz CT molecular complexity index is 1440. The van der Waals surface area contributed by atoms with Gasteiger partial charge in [-0.1, -0.05) is 12.1 Å². The van der Waals surface area contributed by atoms with Crippen molar-refractivity contribution in [1.29, 1.82) is 0 Å². The van der Waals surface area contributed by atoms with E-state index in [0.717, 1.165) is 30.6 Å². The van der Waals surface area contributed by atoms with Gasteiger partial charge in [0, 0.05) is 37.1 Å². The van der Waals surface area contributed by atoms with Crippen LogP contribution >= 0.6 is 0 Å². The summed E-state index contributed by atoms with van der Waals surface area (Å²) in [5.41, 5.74) is 2.76. The minimum Gasteiger partial charge on any atom is -0.408 e. The highest BCUT2D eigenvalue weighted by Gasteiger charge is 2.58. The van der Waals surface area contributed by atoms with Gasteiger partial charge in [0.15, 0.2) is 5.58 Å². The fraction of sp³-hybridized carbons (Fsp3) is 0.308. The molecule has 1 saturated carbocycles. The normalized spacial score (nSPS) is 18.6. The standard InChI is InChI=1S/C26H25N5O4/c32-23(17-30-21-4-1-2-5-22(21)35-25(30)34)29-14-10-26(11-15-29)16-20(26)24(33)28-18-6-8-19(9-7-18)31-13-3-12-27-31/h1-9,12-13,20H,10-11,14-17H2,(H,28,33)/t20-/m0/s1. The lowest BCUT2D eigenvalue weighted by Crippen LogP contribution is -2.42. The minimum atomic E-state index is -0.524. The fourth-order valence-electron chi connectivity index (χ4n) is 5.22. The van der Waals surface area contributed by atoms with Crippen molar-refractivity contribution >= 4 is 28.6 Å². The predicted octanol–water partition coefficient (Wildman–Crippen LogP) is 3.05. The number of hydrogen-bond acceptors (Lipinski definition) is 5. The SMILES string of the molecule is O=C(Nc1ccc(-n2cccn2)cc1)[C@@H]1CC12CCN(C(=O)Cn1c(=O)oc3ccccc31)CC2. The van der Waals surface area contributed by atoms with Crippen LogP contribution in [0.5, 0.6) is 0 Å². The van der Waals surface area contributed by atoms with E-state index >= 15 is 0 Å². The molecular formula is C26H25N5O4. The average Bonchev–Trinajstić information content (AvgIpc) is 3.19. The lowest BCUT2D eigenvalue weighted by atomic mass is 9.90. The molecule has 1 aliphatic heterocycles. The zero-order chi connectivity index (χ0) is 24.0. The van der Waals surface area contributed by atoms with E-state index < -0.39 is 5.76 Å². The Morgan fingerprint density at radius 1 is 1.06 bits per heavy atom. The number of aromatic nitrogens is 3. The van der Waals surface area contributed by atoms with Crippen LogP contribution in [0, 0.1) is 11.3 Å². The molecule has 2 fully saturated rings. The average molecular weight is 472 g/mol. The number of carbonyl (C=O) groups excluding carboxylic acids is 2. The van der Waals surface area contributed by atoms with Crippen molar-refractivity contribution in [1.82, 2.24) is 19.2 Å². The summed E-state index contributed by atoms with van der Waals surface area (Å²) in [6, 6.07) is 16.6. The first kappa shape index (κ1) is 21.4. The number of fused-ring (bicyclic) bond motifs is 1. The Morgan fingerprint density at radius 3 is 2.57 bits per heavy atom. The predicted molar refractivity (Wildman–Crippen MR) is 129 cm³/mol. The van der Waals surface area contributed by atoms with Gasteiger partial charge in [-0.15, -0.1) is 0 Å². The Labute approximate surface area is 200 Å². The Kier molecular flexibility index (Phi) is 5.05. The van der Waals surface area contributed by atoms with Crippen LogP contribution in [0.1, 0.15) is 19.3 Å². The molecule has 0 radical (unpaired) electrons. The van der Waals surface area contributed by atoms with Gasteiger partial charge in [-0.05, 0) is 67.1 Å². The van der Waals surface area contributed by atoms with Crippen molar-refractivity contribution in [3.05, 3.63) is 77.5 Å². The first-order valence-corrected chi connectivity index (χ1v) is 11.8. The second-order valence-corrected chi connectivity index (χ2v) is 9.41. The number of carbonyl (C=O) groups is 2. The summed E-state index contributed by atoms with van der Waals surface area (Å²) in [7, 11) is 0. The molecule has 0 bridgehead atoms. The van der Waals surface area contributed by atoms with Gasteiger partial charge in [0.1, 0.15) is 6.54 Å². The highest BCUT2D eigenvalue weighted by molar-refractivity contribution is 5.95. The largest absolute Gasteiger partial charge is 0.420 e. The fourth-order valence-corrected chi connectivity index (χ4v) is 5.22. The van der Waals surface area contributed by atoms with E-state index in [-0.39, 0.29) is 29.7 Å². The molecule has 4 aromatic rings. The topological polar surface area (TPSA) is 102 Å². The van der Waals surface area contributed by atoms with Gasteiger partial charge in [0.2, 0.25) is 11.8 Å². The molecule has 35 heavy (non-hydrogen) atoms. The van der Waals surface area contributed by atoms with Gasteiger partial charge < -0.3 is 14.6 Å². The number of benzene rings is 2. The molecule has 9 nitrogen and oxygen atoms in total. The number of likely N-dealkylation sites (tertiary alicyclic amines) is 1. The third-order valence-electron chi connectivity index (χ3n) is 7.39. The van der Waals surface area contributed by atoms with Crippen LogP contribution in [0.3, 0.4) is 0 Å². The third-order valence-corrected chi connectivity index (χ3v) is 7.39. The maximum absolute atomic E-state index is 12.9. The van der Waals surface area contributed by atoms with Crippen LogP contribution in [0.25, 0.3) is 16.8 Å². The van der Waals surface area contributed by atoms with E-state index in [4.69, 9.17) is 4.42 Å². The van der Waals surface area contributed by atoms with Crippen LogP contribution in [-0.4, -0.2) is 44.2 Å². The molecule has 2 amide bonds. The van der Waals surface area contributed by atoms with Gasteiger partial charge >= 0.3 is 5.76 Å². The van der Waals surface area contributed by atoms with Crippen molar-refractivity contribution in [3.63, 3.8) is 0 Å². The number of para-hydroxylation sites is 2. The van der Waals surface area contributed by atoms with Gasteiger partial charge in [-0.3, -0.25) is 14.2 Å². The first-order chi connectivity index (χ1) is 17.0. The molecular weight excluding hydrogens is 446 g/mol. The Morgan fingerprint density at radius 2 is 1.83 bits per heavy atom. The van der Waals surface area contributed by atoms with Crippen LogP contribution in [-0.2, 0) is 16.1 Å². The Balaban J connectivity index is 1.04.